The van der Waals surface area contributed by atoms with Gasteiger partial charge in [-0.05, 0) is 24.6 Å². The van der Waals surface area contributed by atoms with Crippen LogP contribution in [0.4, 0.5) is 5.69 Å². The highest BCUT2D eigenvalue weighted by atomic mass is 16.6. The first-order valence-electron chi connectivity index (χ1n) is 7.03. The van der Waals surface area contributed by atoms with E-state index in [4.69, 9.17) is 19.9 Å². The lowest BCUT2D eigenvalue weighted by Gasteiger charge is -2.34. The number of nitrogens with zero attached hydrogens (tertiary/aromatic N) is 1. The molecular formula is C15H22N2O4. The number of carbonyl (C=O) groups is 1. The van der Waals surface area contributed by atoms with Gasteiger partial charge in [0.25, 0.3) is 0 Å². The van der Waals surface area contributed by atoms with Gasteiger partial charge in [-0.2, -0.15) is 0 Å². The molecule has 0 fully saturated rings. The van der Waals surface area contributed by atoms with Crippen LogP contribution >= 0.6 is 0 Å². The van der Waals surface area contributed by atoms with E-state index in [0.29, 0.717) is 19.7 Å². The molecule has 6 heteroatoms. The van der Waals surface area contributed by atoms with Crippen LogP contribution in [0.1, 0.15) is 12.5 Å². The molecule has 2 rings (SSSR count). The van der Waals surface area contributed by atoms with E-state index in [1.807, 2.05) is 30.0 Å². The maximum atomic E-state index is 11.8. The molecule has 1 aromatic rings. The highest BCUT2D eigenvalue weighted by Gasteiger charge is 2.25. The Bertz CT molecular complexity index is 493. The third-order valence-electron chi connectivity index (χ3n) is 3.28. The fraction of sp³-hybridized carbons (Fsp3) is 0.533. The predicted octanol–water partition coefficient (Wildman–Crippen LogP) is 0.922. The summed E-state index contributed by atoms with van der Waals surface area (Å²) in [5.41, 5.74) is 7.55. The van der Waals surface area contributed by atoms with Gasteiger partial charge in [0, 0.05) is 13.7 Å². The van der Waals surface area contributed by atoms with E-state index in [9.17, 15) is 4.79 Å². The summed E-state index contributed by atoms with van der Waals surface area (Å²) in [5, 5.41) is 0. The van der Waals surface area contributed by atoms with E-state index < -0.39 is 0 Å². The van der Waals surface area contributed by atoms with Crippen LogP contribution in [0.2, 0.25) is 0 Å². The average Bonchev–Trinajstić information content (AvgIpc) is 2.46. The van der Waals surface area contributed by atoms with E-state index in [2.05, 4.69) is 0 Å². The molecule has 0 amide bonds. The van der Waals surface area contributed by atoms with Crippen molar-refractivity contribution in [3.05, 3.63) is 23.8 Å². The van der Waals surface area contributed by atoms with E-state index in [-0.39, 0.29) is 25.2 Å². The van der Waals surface area contributed by atoms with E-state index in [0.717, 1.165) is 17.0 Å². The molecule has 0 saturated heterocycles. The largest absolute Gasteiger partial charge is 0.487 e. The van der Waals surface area contributed by atoms with Gasteiger partial charge >= 0.3 is 5.97 Å². The van der Waals surface area contributed by atoms with Crippen LogP contribution in [-0.2, 0) is 20.8 Å². The number of fused-ring (bicyclic) bond motifs is 1. The minimum atomic E-state index is -0.269. The van der Waals surface area contributed by atoms with Crippen molar-refractivity contribution in [3.63, 3.8) is 0 Å². The predicted molar refractivity (Wildman–Crippen MR) is 79.5 cm³/mol. The summed E-state index contributed by atoms with van der Waals surface area (Å²) in [6.45, 7) is 3.96. The first-order valence-corrected chi connectivity index (χ1v) is 7.03. The number of esters is 1. The molecular weight excluding hydrogens is 272 g/mol. The van der Waals surface area contributed by atoms with Crippen molar-refractivity contribution in [2.24, 2.45) is 5.73 Å². The third-order valence-corrected chi connectivity index (χ3v) is 3.28. The first kappa shape index (κ1) is 15.6. The minimum Gasteiger partial charge on any atom is -0.487 e. The van der Waals surface area contributed by atoms with Crippen LogP contribution in [0.5, 0.6) is 5.75 Å². The first-order chi connectivity index (χ1) is 10.1. The number of hydrogen-bond donors (Lipinski definition) is 1. The van der Waals surface area contributed by atoms with Gasteiger partial charge in [-0.1, -0.05) is 6.07 Å². The normalized spacial score (nSPS) is 17.1. The fourth-order valence-electron chi connectivity index (χ4n) is 2.29. The molecule has 1 atom stereocenters. The van der Waals surface area contributed by atoms with Crippen molar-refractivity contribution in [2.75, 3.05) is 38.3 Å². The lowest BCUT2D eigenvalue weighted by molar-refractivity contribution is -0.143. The number of benzene rings is 1. The Morgan fingerprint density at radius 3 is 3.00 bits per heavy atom. The van der Waals surface area contributed by atoms with Crippen LogP contribution in [0.3, 0.4) is 0 Å². The minimum absolute atomic E-state index is 0.0114. The second-order valence-electron chi connectivity index (χ2n) is 5.03. The molecule has 1 aromatic carbocycles. The SMILES string of the molecule is COCCOC(=O)CN1CC(C)Oc2cc(CN)ccc21. The number of methoxy groups -OCH3 is 1. The van der Waals surface area contributed by atoms with Crippen LogP contribution in [0, 0.1) is 0 Å². The smallest absolute Gasteiger partial charge is 0.325 e. The Labute approximate surface area is 124 Å². The Morgan fingerprint density at radius 2 is 2.29 bits per heavy atom. The number of carbonyl (C=O) groups excluding carboxylic acids is 1. The number of ether oxygens (including phenoxy) is 3. The molecule has 0 radical (unpaired) electrons. The average molecular weight is 294 g/mol. The summed E-state index contributed by atoms with van der Waals surface area (Å²) in [4.78, 5) is 13.8. The quantitative estimate of drug-likeness (QED) is 0.621. The van der Waals surface area contributed by atoms with Gasteiger partial charge in [0.2, 0.25) is 0 Å². The molecule has 116 valence electrons. The van der Waals surface area contributed by atoms with Gasteiger partial charge in [0.1, 0.15) is 25.0 Å². The summed E-state index contributed by atoms with van der Waals surface area (Å²) < 4.78 is 15.8. The van der Waals surface area contributed by atoms with E-state index >= 15 is 0 Å². The maximum Gasteiger partial charge on any atom is 0.325 e. The second kappa shape index (κ2) is 7.28. The Balaban J connectivity index is 2.06. The van der Waals surface area contributed by atoms with Gasteiger partial charge in [0.15, 0.2) is 0 Å². The zero-order valence-electron chi connectivity index (χ0n) is 12.5. The van der Waals surface area contributed by atoms with Gasteiger partial charge in [-0.15, -0.1) is 0 Å². The number of rotatable bonds is 6. The molecule has 6 nitrogen and oxygen atoms in total. The summed E-state index contributed by atoms with van der Waals surface area (Å²) in [6.07, 6.45) is 0.0114. The molecule has 0 spiro atoms. The highest BCUT2D eigenvalue weighted by Crippen LogP contribution is 2.34. The molecule has 1 aliphatic heterocycles. The van der Waals surface area contributed by atoms with Gasteiger partial charge in [-0.25, -0.2) is 0 Å². The molecule has 0 saturated carbocycles. The van der Waals surface area contributed by atoms with Gasteiger partial charge < -0.3 is 24.8 Å². The van der Waals surface area contributed by atoms with E-state index in [1.54, 1.807) is 7.11 Å². The monoisotopic (exact) mass is 294 g/mol. The zero-order chi connectivity index (χ0) is 15.2. The molecule has 2 N–H and O–H groups in total. The fourth-order valence-corrected chi connectivity index (χ4v) is 2.29. The standard InChI is InChI=1S/C15H22N2O4/c1-11-9-17(10-15(18)20-6-5-19-2)13-4-3-12(8-16)7-14(13)21-11/h3-4,7,11H,5-6,8-10,16H2,1-2H3. The van der Waals surface area contributed by atoms with Crippen molar-refractivity contribution < 1.29 is 19.0 Å². The summed E-state index contributed by atoms with van der Waals surface area (Å²) in [6, 6.07) is 5.81. The summed E-state index contributed by atoms with van der Waals surface area (Å²) in [7, 11) is 1.57. The van der Waals surface area contributed by atoms with Crippen molar-refractivity contribution >= 4 is 11.7 Å². The van der Waals surface area contributed by atoms with Gasteiger partial charge in [-0.3, -0.25) is 4.79 Å². The van der Waals surface area contributed by atoms with Gasteiger partial charge in [0.05, 0.1) is 18.8 Å². The Morgan fingerprint density at radius 1 is 1.48 bits per heavy atom. The van der Waals surface area contributed by atoms with Crippen molar-refractivity contribution in [3.8, 4) is 5.75 Å². The lowest BCUT2D eigenvalue weighted by Crippen LogP contribution is -2.41. The van der Waals surface area contributed by atoms with Crippen molar-refractivity contribution in [2.45, 2.75) is 19.6 Å². The van der Waals surface area contributed by atoms with Crippen molar-refractivity contribution in [1.82, 2.24) is 0 Å². The molecule has 1 unspecified atom stereocenters. The number of hydrogen-bond acceptors (Lipinski definition) is 6. The van der Waals surface area contributed by atoms with Crippen LogP contribution in [0.25, 0.3) is 0 Å². The van der Waals surface area contributed by atoms with Crippen LogP contribution < -0.4 is 15.4 Å². The second-order valence-corrected chi connectivity index (χ2v) is 5.03. The summed E-state index contributed by atoms with van der Waals surface area (Å²) in [5.74, 6) is 0.497. The Hall–Kier alpha value is -1.79. The maximum absolute atomic E-state index is 11.8. The molecule has 21 heavy (non-hydrogen) atoms. The molecule has 0 bridgehead atoms. The number of nitrogens with two attached hydrogens (primary N) is 1. The third kappa shape index (κ3) is 4.09. The topological polar surface area (TPSA) is 74.0 Å². The molecule has 0 aromatic heterocycles. The van der Waals surface area contributed by atoms with Crippen LogP contribution in [0.15, 0.2) is 18.2 Å². The molecule has 0 aliphatic carbocycles. The van der Waals surface area contributed by atoms with Crippen molar-refractivity contribution in [1.29, 1.82) is 0 Å². The van der Waals surface area contributed by atoms with Crippen LogP contribution in [-0.4, -0.2) is 45.5 Å². The summed E-state index contributed by atoms with van der Waals surface area (Å²) >= 11 is 0. The molecule has 1 heterocycles. The molecule has 1 aliphatic rings. The Kier molecular flexibility index (Phi) is 5.41. The zero-order valence-corrected chi connectivity index (χ0v) is 12.5. The highest BCUT2D eigenvalue weighted by molar-refractivity contribution is 5.77. The van der Waals surface area contributed by atoms with E-state index in [1.165, 1.54) is 0 Å². The number of anilines is 1. The lowest BCUT2D eigenvalue weighted by atomic mass is 10.1.